The third-order valence-corrected chi connectivity index (χ3v) is 4.56. The zero-order chi connectivity index (χ0) is 20.0. The Balaban J connectivity index is 2.05. The van der Waals surface area contributed by atoms with E-state index in [1.807, 2.05) is 26.0 Å². The number of hydrogen-bond acceptors (Lipinski definition) is 5. The molecule has 0 radical (unpaired) electrons. The summed E-state index contributed by atoms with van der Waals surface area (Å²) >= 11 is 0. The van der Waals surface area contributed by atoms with Crippen molar-refractivity contribution in [2.24, 2.45) is 0 Å². The van der Waals surface area contributed by atoms with Crippen LogP contribution in [0.1, 0.15) is 39.2 Å². The van der Waals surface area contributed by atoms with Gasteiger partial charge in [-0.15, -0.1) is 0 Å². The molecule has 0 aromatic heterocycles. The van der Waals surface area contributed by atoms with Crippen LogP contribution in [0.5, 0.6) is 5.75 Å². The maximum Gasteiger partial charge on any atom is 0.308 e. The van der Waals surface area contributed by atoms with Crippen LogP contribution in [0.4, 0.5) is 0 Å². The molecule has 2 rings (SSSR count). The summed E-state index contributed by atoms with van der Waals surface area (Å²) in [4.78, 5) is 38.6. The molecule has 1 fully saturated rings. The van der Waals surface area contributed by atoms with Crippen LogP contribution in [0, 0.1) is 6.92 Å². The Labute approximate surface area is 160 Å². The van der Waals surface area contributed by atoms with Crippen LogP contribution in [-0.4, -0.2) is 54.0 Å². The minimum atomic E-state index is -0.883. The van der Waals surface area contributed by atoms with E-state index < -0.39 is 18.1 Å². The van der Waals surface area contributed by atoms with Gasteiger partial charge in [-0.05, 0) is 39.3 Å². The van der Waals surface area contributed by atoms with E-state index in [9.17, 15) is 14.4 Å². The summed E-state index contributed by atoms with van der Waals surface area (Å²) in [5.41, 5.74) is 1.09. The molecule has 1 N–H and O–H groups in total. The number of aryl methyl sites for hydroxylation is 1. The van der Waals surface area contributed by atoms with Crippen LogP contribution in [-0.2, 0) is 19.1 Å². The Kier molecular flexibility index (Phi) is 7.21. The predicted octanol–water partition coefficient (Wildman–Crippen LogP) is 1.82. The van der Waals surface area contributed by atoms with Crippen LogP contribution in [0.3, 0.4) is 0 Å². The molecule has 3 unspecified atom stereocenters. The van der Waals surface area contributed by atoms with E-state index in [0.29, 0.717) is 25.3 Å². The van der Waals surface area contributed by atoms with Crippen molar-refractivity contribution in [1.29, 1.82) is 0 Å². The molecule has 1 aromatic carbocycles. The number of nitrogens with one attached hydrogen (secondary N) is 1. The Bertz CT molecular complexity index is 673. The minimum absolute atomic E-state index is 0.167. The Hall–Kier alpha value is -2.57. The van der Waals surface area contributed by atoms with Gasteiger partial charge < -0.3 is 19.7 Å². The van der Waals surface area contributed by atoms with Gasteiger partial charge in [0.05, 0.1) is 12.5 Å². The van der Waals surface area contributed by atoms with Crippen LogP contribution < -0.4 is 10.1 Å². The highest BCUT2D eigenvalue weighted by molar-refractivity contribution is 5.93. The lowest BCUT2D eigenvalue weighted by Crippen LogP contribution is -2.60. The molecule has 3 atom stereocenters. The molecule has 1 heterocycles. The standard InChI is InChI=1S/C20H28N2O5/c1-5-14(3)26-18(23)12-17-19(24)21-10-11-22(17)20(25)15(4)27-16-8-6-13(2)7-9-16/h6-9,14-15,17H,5,10-12H2,1-4H3,(H,21,24). The molecule has 1 saturated heterocycles. The van der Waals surface area contributed by atoms with Crippen LogP contribution in [0.15, 0.2) is 24.3 Å². The fraction of sp³-hybridized carbons (Fsp3) is 0.550. The normalized spacial score (nSPS) is 19.0. The summed E-state index contributed by atoms with van der Waals surface area (Å²) in [6, 6.07) is 6.50. The zero-order valence-electron chi connectivity index (χ0n) is 16.4. The Morgan fingerprint density at radius 2 is 1.93 bits per heavy atom. The van der Waals surface area contributed by atoms with Gasteiger partial charge in [0.1, 0.15) is 11.8 Å². The van der Waals surface area contributed by atoms with Crippen molar-refractivity contribution < 1.29 is 23.9 Å². The molecule has 1 aromatic rings. The number of esters is 1. The van der Waals surface area contributed by atoms with Gasteiger partial charge in [0.15, 0.2) is 6.10 Å². The SMILES string of the molecule is CCC(C)OC(=O)CC1C(=O)NCCN1C(=O)C(C)Oc1ccc(C)cc1. The molecule has 2 amide bonds. The predicted molar refractivity (Wildman–Crippen MR) is 100 cm³/mol. The minimum Gasteiger partial charge on any atom is -0.481 e. The molecule has 0 bridgehead atoms. The molecule has 148 valence electrons. The molecule has 0 aliphatic carbocycles. The highest BCUT2D eigenvalue weighted by atomic mass is 16.5. The van der Waals surface area contributed by atoms with Gasteiger partial charge in [-0.2, -0.15) is 0 Å². The fourth-order valence-electron chi connectivity index (χ4n) is 2.80. The van der Waals surface area contributed by atoms with E-state index >= 15 is 0 Å². The van der Waals surface area contributed by atoms with Crippen molar-refractivity contribution in [3.63, 3.8) is 0 Å². The summed E-state index contributed by atoms with van der Waals surface area (Å²) in [6.07, 6.45) is -0.477. The molecule has 7 nitrogen and oxygen atoms in total. The lowest BCUT2D eigenvalue weighted by atomic mass is 10.1. The van der Waals surface area contributed by atoms with Gasteiger partial charge in [0.2, 0.25) is 5.91 Å². The zero-order valence-corrected chi connectivity index (χ0v) is 16.4. The van der Waals surface area contributed by atoms with E-state index in [-0.39, 0.29) is 24.3 Å². The molecule has 7 heteroatoms. The molecule has 0 spiro atoms. The van der Waals surface area contributed by atoms with E-state index in [1.165, 1.54) is 4.90 Å². The van der Waals surface area contributed by atoms with Crippen molar-refractivity contribution in [3.05, 3.63) is 29.8 Å². The second-order valence-electron chi connectivity index (χ2n) is 6.82. The first kappa shape index (κ1) is 20.7. The number of carbonyl (C=O) groups is 3. The third-order valence-electron chi connectivity index (χ3n) is 4.56. The fourth-order valence-corrected chi connectivity index (χ4v) is 2.80. The van der Waals surface area contributed by atoms with E-state index in [4.69, 9.17) is 9.47 Å². The largest absolute Gasteiger partial charge is 0.481 e. The van der Waals surface area contributed by atoms with Crippen molar-refractivity contribution in [1.82, 2.24) is 10.2 Å². The maximum atomic E-state index is 12.9. The van der Waals surface area contributed by atoms with Crippen LogP contribution >= 0.6 is 0 Å². The van der Waals surface area contributed by atoms with Crippen molar-refractivity contribution in [2.45, 2.75) is 58.8 Å². The Morgan fingerprint density at radius 1 is 1.26 bits per heavy atom. The first-order valence-electron chi connectivity index (χ1n) is 9.32. The van der Waals surface area contributed by atoms with Crippen molar-refractivity contribution >= 4 is 17.8 Å². The van der Waals surface area contributed by atoms with Gasteiger partial charge >= 0.3 is 5.97 Å². The van der Waals surface area contributed by atoms with E-state index in [0.717, 1.165) is 5.56 Å². The lowest BCUT2D eigenvalue weighted by molar-refractivity contribution is -0.156. The van der Waals surface area contributed by atoms with Crippen molar-refractivity contribution in [2.75, 3.05) is 13.1 Å². The van der Waals surface area contributed by atoms with Gasteiger partial charge in [0.25, 0.3) is 5.91 Å². The highest BCUT2D eigenvalue weighted by Crippen LogP contribution is 2.17. The summed E-state index contributed by atoms with van der Waals surface area (Å²) in [6.45, 7) is 7.98. The van der Waals surface area contributed by atoms with Crippen molar-refractivity contribution in [3.8, 4) is 5.75 Å². The van der Waals surface area contributed by atoms with E-state index in [2.05, 4.69) is 5.32 Å². The lowest BCUT2D eigenvalue weighted by Gasteiger charge is -2.36. The number of ether oxygens (including phenoxy) is 2. The molecular weight excluding hydrogens is 348 g/mol. The Morgan fingerprint density at radius 3 is 2.56 bits per heavy atom. The average Bonchev–Trinajstić information content (AvgIpc) is 2.64. The molecular formula is C20H28N2O5. The molecule has 1 aliphatic rings. The summed E-state index contributed by atoms with van der Waals surface area (Å²) in [7, 11) is 0. The number of amides is 2. The summed E-state index contributed by atoms with van der Waals surface area (Å²) < 4.78 is 11.0. The molecule has 27 heavy (non-hydrogen) atoms. The smallest absolute Gasteiger partial charge is 0.308 e. The summed E-state index contributed by atoms with van der Waals surface area (Å²) in [5.74, 6) is -0.586. The average molecular weight is 376 g/mol. The van der Waals surface area contributed by atoms with Gasteiger partial charge in [-0.1, -0.05) is 24.6 Å². The van der Waals surface area contributed by atoms with Gasteiger partial charge in [-0.25, -0.2) is 0 Å². The van der Waals surface area contributed by atoms with Gasteiger partial charge in [0, 0.05) is 13.1 Å². The highest BCUT2D eigenvalue weighted by Gasteiger charge is 2.37. The maximum absolute atomic E-state index is 12.9. The van der Waals surface area contributed by atoms with Crippen LogP contribution in [0.25, 0.3) is 0 Å². The number of piperazine rings is 1. The number of hydrogen-bond donors (Lipinski definition) is 1. The molecule has 1 aliphatic heterocycles. The quantitative estimate of drug-likeness (QED) is 0.734. The first-order valence-corrected chi connectivity index (χ1v) is 9.32. The number of carbonyl (C=O) groups excluding carboxylic acids is 3. The second-order valence-corrected chi connectivity index (χ2v) is 6.82. The monoisotopic (exact) mass is 376 g/mol. The topological polar surface area (TPSA) is 84.9 Å². The number of rotatable bonds is 7. The molecule has 0 saturated carbocycles. The van der Waals surface area contributed by atoms with E-state index in [1.54, 1.807) is 26.0 Å². The van der Waals surface area contributed by atoms with Crippen LogP contribution in [0.2, 0.25) is 0 Å². The van der Waals surface area contributed by atoms with Gasteiger partial charge in [-0.3, -0.25) is 14.4 Å². The second kappa shape index (κ2) is 9.39. The third kappa shape index (κ3) is 5.70. The number of benzene rings is 1. The first-order chi connectivity index (χ1) is 12.8. The number of nitrogens with zero attached hydrogens (tertiary/aromatic N) is 1. The summed E-state index contributed by atoms with van der Waals surface area (Å²) in [5, 5.41) is 2.70.